The summed E-state index contributed by atoms with van der Waals surface area (Å²) < 4.78 is 28.3. The molecule has 0 amide bonds. The highest BCUT2D eigenvalue weighted by Crippen LogP contribution is 2.34. The predicted octanol–water partition coefficient (Wildman–Crippen LogP) is 2.26. The average molecular weight is 232 g/mol. The zero-order chi connectivity index (χ0) is 12.7. The van der Waals surface area contributed by atoms with Crippen LogP contribution in [0.25, 0.3) is 0 Å². The fourth-order valence-electron chi connectivity index (χ4n) is 1.73. The summed E-state index contributed by atoms with van der Waals surface area (Å²) in [6, 6.07) is -0.0861. The molecule has 0 atom stereocenters. The summed E-state index contributed by atoms with van der Waals surface area (Å²) in [5, 5.41) is 12.4. The summed E-state index contributed by atoms with van der Waals surface area (Å²) in [5.74, 6) is -6.04. The molecule has 0 saturated heterocycles. The number of carboxylic acid groups (broad SMARTS) is 1. The molecule has 0 aromatic carbocycles. The summed E-state index contributed by atoms with van der Waals surface area (Å²) in [6.07, 6.45) is 0. The minimum atomic E-state index is -3.89. The fourth-order valence-corrected chi connectivity index (χ4v) is 1.73. The van der Waals surface area contributed by atoms with Crippen LogP contribution in [0.5, 0.6) is 0 Å². The molecule has 1 aromatic rings. The normalized spacial score (nSPS) is 12.2. The fraction of sp³-hybridized carbons (Fsp3) is 0.600. The molecule has 0 bridgehead atoms. The van der Waals surface area contributed by atoms with Crippen LogP contribution < -0.4 is 0 Å². The lowest BCUT2D eigenvalue weighted by molar-refractivity contribution is -0.166. The third kappa shape index (κ3) is 1.79. The number of hydrogen-bond acceptors (Lipinski definition) is 2. The van der Waals surface area contributed by atoms with E-state index in [1.165, 1.54) is 18.5 Å². The van der Waals surface area contributed by atoms with Gasteiger partial charge in [-0.2, -0.15) is 13.9 Å². The lowest BCUT2D eigenvalue weighted by Crippen LogP contribution is -2.26. The molecule has 1 N–H and O–H groups in total. The highest BCUT2D eigenvalue weighted by Gasteiger charge is 2.45. The maximum absolute atomic E-state index is 13.4. The monoisotopic (exact) mass is 232 g/mol. The van der Waals surface area contributed by atoms with E-state index in [2.05, 4.69) is 5.10 Å². The Bertz CT molecular complexity index is 425. The Morgan fingerprint density at radius 2 is 1.94 bits per heavy atom. The molecule has 0 aliphatic carbocycles. The van der Waals surface area contributed by atoms with E-state index in [0.717, 1.165) is 0 Å². The summed E-state index contributed by atoms with van der Waals surface area (Å²) >= 11 is 0. The van der Waals surface area contributed by atoms with Crippen LogP contribution in [0.1, 0.15) is 36.8 Å². The van der Waals surface area contributed by atoms with Gasteiger partial charge < -0.3 is 5.11 Å². The average Bonchev–Trinajstić information content (AvgIpc) is 2.41. The zero-order valence-corrected chi connectivity index (χ0v) is 9.58. The van der Waals surface area contributed by atoms with Crippen molar-refractivity contribution in [1.82, 2.24) is 9.78 Å². The summed E-state index contributed by atoms with van der Waals surface area (Å²) in [7, 11) is 0. The molecule has 16 heavy (non-hydrogen) atoms. The molecule has 1 aromatic heterocycles. The number of aryl methyl sites for hydroxylation is 1. The predicted molar refractivity (Wildman–Crippen MR) is 53.6 cm³/mol. The second-order valence-electron chi connectivity index (χ2n) is 3.96. The van der Waals surface area contributed by atoms with Crippen molar-refractivity contribution < 1.29 is 18.7 Å². The standard InChI is InChI=1S/C10H14F2N2O2/c1-5(2)14-7(4)8(6(3)13-14)10(11,12)9(15)16/h5H,1-4H3,(H,15,16). The van der Waals surface area contributed by atoms with Crippen LogP contribution in [0, 0.1) is 13.8 Å². The number of carbonyl (C=O) groups is 1. The van der Waals surface area contributed by atoms with Gasteiger partial charge in [-0.25, -0.2) is 4.79 Å². The van der Waals surface area contributed by atoms with Gasteiger partial charge in [-0.3, -0.25) is 4.68 Å². The first kappa shape index (κ1) is 12.6. The van der Waals surface area contributed by atoms with Crippen LogP contribution in [-0.4, -0.2) is 20.9 Å². The number of rotatable bonds is 3. The van der Waals surface area contributed by atoms with E-state index >= 15 is 0 Å². The molecule has 6 heteroatoms. The lowest BCUT2D eigenvalue weighted by Gasteiger charge is -2.13. The largest absolute Gasteiger partial charge is 0.477 e. The van der Waals surface area contributed by atoms with Gasteiger partial charge >= 0.3 is 11.9 Å². The molecule has 0 radical (unpaired) electrons. The first-order valence-electron chi connectivity index (χ1n) is 4.87. The van der Waals surface area contributed by atoms with E-state index in [0.29, 0.717) is 0 Å². The molecule has 90 valence electrons. The van der Waals surface area contributed by atoms with Crippen molar-refractivity contribution in [2.24, 2.45) is 0 Å². The van der Waals surface area contributed by atoms with Crippen molar-refractivity contribution in [2.45, 2.75) is 39.7 Å². The Morgan fingerprint density at radius 3 is 2.25 bits per heavy atom. The lowest BCUT2D eigenvalue weighted by atomic mass is 10.1. The van der Waals surface area contributed by atoms with Crippen molar-refractivity contribution >= 4 is 5.97 Å². The number of halogens is 2. The quantitative estimate of drug-likeness (QED) is 0.869. The zero-order valence-electron chi connectivity index (χ0n) is 9.58. The van der Waals surface area contributed by atoms with E-state index in [4.69, 9.17) is 5.11 Å². The Balaban J connectivity index is 3.41. The van der Waals surface area contributed by atoms with E-state index < -0.39 is 17.5 Å². The molecule has 1 heterocycles. The van der Waals surface area contributed by atoms with Crippen LogP contribution in [-0.2, 0) is 10.7 Å². The van der Waals surface area contributed by atoms with Gasteiger partial charge in [0.25, 0.3) is 0 Å². The maximum atomic E-state index is 13.4. The van der Waals surface area contributed by atoms with Crippen molar-refractivity contribution in [3.05, 3.63) is 17.0 Å². The smallest absolute Gasteiger partial charge is 0.379 e. The van der Waals surface area contributed by atoms with Gasteiger partial charge in [-0.15, -0.1) is 0 Å². The van der Waals surface area contributed by atoms with Gasteiger partial charge in [0, 0.05) is 11.7 Å². The SMILES string of the molecule is Cc1nn(C(C)C)c(C)c1C(F)(F)C(=O)O. The van der Waals surface area contributed by atoms with Gasteiger partial charge in [-0.1, -0.05) is 0 Å². The third-order valence-corrected chi connectivity index (χ3v) is 2.40. The van der Waals surface area contributed by atoms with E-state index in [-0.39, 0.29) is 17.4 Å². The number of carboxylic acids is 1. The third-order valence-electron chi connectivity index (χ3n) is 2.40. The minimum Gasteiger partial charge on any atom is -0.477 e. The molecular weight excluding hydrogens is 218 g/mol. The molecule has 1 rings (SSSR count). The molecular formula is C10H14F2N2O2. The Kier molecular flexibility index (Phi) is 3.03. The minimum absolute atomic E-state index is 0.0543. The van der Waals surface area contributed by atoms with Crippen LogP contribution in [0.2, 0.25) is 0 Å². The van der Waals surface area contributed by atoms with Crippen molar-refractivity contribution in [1.29, 1.82) is 0 Å². The molecule has 0 aliphatic rings. The van der Waals surface area contributed by atoms with Gasteiger partial charge in [0.2, 0.25) is 0 Å². The summed E-state index contributed by atoms with van der Waals surface area (Å²) in [5.41, 5.74) is -0.257. The number of hydrogen-bond donors (Lipinski definition) is 1. The van der Waals surface area contributed by atoms with Crippen LogP contribution in [0.15, 0.2) is 0 Å². The van der Waals surface area contributed by atoms with Crippen LogP contribution in [0.4, 0.5) is 8.78 Å². The molecule has 0 fully saturated rings. The highest BCUT2D eigenvalue weighted by molar-refractivity contribution is 5.78. The van der Waals surface area contributed by atoms with Gasteiger partial charge in [0.1, 0.15) is 0 Å². The van der Waals surface area contributed by atoms with Crippen molar-refractivity contribution in [3.63, 3.8) is 0 Å². The van der Waals surface area contributed by atoms with Crippen LogP contribution in [0.3, 0.4) is 0 Å². The van der Waals surface area contributed by atoms with E-state index in [9.17, 15) is 13.6 Å². The second kappa shape index (κ2) is 3.84. The van der Waals surface area contributed by atoms with Gasteiger partial charge in [0.15, 0.2) is 0 Å². The Morgan fingerprint density at radius 1 is 1.44 bits per heavy atom. The number of aromatic nitrogens is 2. The second-order valence-corrected chi connectivity index (χ2v) is 3.96. The van der Waals surface area contributed by atoms with Crippen molar-refractivity contribution in [3.8, 4) is 0 Å². The highest BCUT2D eigenvalue weighted by atomic mass is 19.3. The maximum Gasteiger partial charge on any atom is 0.379 e. The van der Waals surface area contributed by atoms with Crippen LogP contribution >= 0.6 is 0 Å². The Hall–Kier alpha value is -1.46. The summed E-state index contributed by atoms with van der Waals surface area (Å²) in [6.45, 7) is 6.43. The molecule has 0 saturated carbocycles. The van der Waals surface area contributed by atoms with E-state index in [1.54, 1.807) is 13.8 Å². The number of alkyl halides is 2. The van der Waals surface area contributed by atoms with Crippen molar-refractivity contribution in [2.75, 3.05) is 0 Å². The number of nitrogens with zero attached hydrogens (tertiary/aromatic N) is 2. The Labute approximate surface area is 91.9 Å². The molecule has 0 unspecified atom stereocenters. The topological polar surface area (TPSA) is 55.1 Å². The first-order chi connectivity index (χ1) is 7.19. The molecule has 0 spiro atoms. The molecule has 4 nitrogen and oxygen atoms in total. The van der Waals surface area contributed by atoms with E-state index in [1.807, 2.05) is 0 Å². The summed E-state index contributed by atoms with van der Waals surface area (Å²) in [4.78, 5) is 10.5. The molecule has 0 aliphatic heterocycles. The van der Waals surface area contributed by atoms with Gasteiger partial charge in [-0.05, 0) is 27.7 Å². The first-order valence-corrected chi connectivity index (χ1v) is 4.87. The van der Waals surface area contributed by atoms with Gasteiger partial charge in [0.05, 0.1) is 11.3 Å². The number of aliphatic carboxylic acids is 1.